The van der Waals surface area contributed by atoms with E-state index in [1.165, 1.54) is 16.6 Å². The summed E-state index contributed by atoms with van der Waals surface area (Å²) in [5, 5.41) is 1.18. The number of fused-ring (bicyclic) bond motifs is 1. The molecule has 0 amide bonds. The van der Waals surface area contributed by atoms with Crippen LogP contribution in [-0.4, -0.2) is 23.6 Å². The lowest BCUT2D eigenvalue weighted by Crippen LogP contribution is -2.20. The fraction of sp³-hybridized carbons (Fsp3) is 0.188. The van der Waals surface area contributed by atoms with E-state index in [4.69, 9.17) is 0 Å². The van der Waals surface area contributed by atoms with E-state index in [2.05, 4.69) is 64.4 Å². The molecule has 0 radical (unpaired) electrons. The summed E-state index contributed by atoms with van der Waals surface area (Å²) in [6.07, 6.45) is 4.84. The van der Waals surface area contributed by atoms with Crippen LogP contribution in [0.3, 0.4) is 0 Å². The molecule has 0 bridgehead atoms. The second kappa shape index (κ2) is 5.14. The molecule has 2 aromatic heterocycles. The van der Waals surface area contributed by atoms with Crippen molar-refractivity contribution in [1.82, 2.24) is 9.97 Å². The number of anilines is 1. The third-order valence-electron chi connectivity index (χ3n) is 3.43. The van der Waals surface area contributed by atoms with Crippen LogP contribution in [0.15, 0.2) is 54.9 Å². The van der Waals surface area contributed by atoms with Crippen LogP contribution in [0.25, 0.3) is 11.0 Å². The van der Waals surface area contributed by atoms with Crippen molar-refractivity contribution in [2.24, 2.45) is 0 Å². The van der Waals surface area contributed by atoms with Crippen LogP contribution >= 0.6 is 0 Å². The molecule has 0 spiro atoms. The highest BCUT2D eigenvalue weighted by molar-refractivity contribution is 5.89. The number of nitrogens with one attached hydrogen (secondary N) is 1. The number of nitrogens with zero attached hydrogens (tertiary/aromatic N) is 2. The number of hydrogen-bond donors (Lipinski definition) is 1. The largest absolute Gasteiger partial charge is 0.374 e. The summed E-state index contributed by atoms with van der Waals surface area (Å²) in [6.45, 7) is 0.994. The second-order valence-electron chi connectivity index (χ2n) is 4.73. The van der Waals surface area contributed by atoms with Gasteiger partial charge < -0.3 is 9.88 Å². The molecular weight excluding hydrogens is 234 g/mol. The topological polar surface area (TPSA) is 31.9 Å². The molecule has 2 heterocycles. The summed E-state index contributed by atoms with van der Waals surface area (Å²) in [5.41, 5.74) is 3.54. The van der Waals surface area contributed by atoms with Crippen molar-refractivity contribution >= 4 is 16.7 Å². The van der Waals surface area contributed by atoms with Gasteiger partial charge in [-0.05, 0) is 24.1 Å². The minimum atomic E-state index is 0.948. The van der Waals surface area contributed by atoms with Crippen LogP contribution in [0.1, 0.15) is 5.56 Å². The molecule has 1 N–H and O–H groups in total. The van der Waals surface area contributed by atoms with Crippen molar-refractivity contribution in [2.45, 2.75) is 6.42 Å². The Labute approximate surface area is 112 Å². The van der Waals surface area contributed by atoms with Crippen LogP contribution < -0.4 is 4.90 Å². The lowest BCUT2D eigenvalue weighted by molar-refractivity contribution is 0.879. The van der Waals surface area contributed by atoms with E-state index in [1.807, 2.05) is 12.4 Å². The maximum absolute atomic E-state index is 4.32. The summed E-state index contributed by atoms with van der Waals surface area (Å²) in [5.74, 6) is 0. The van der Waals surface area contributed by atoms with Crippen molar-refractivity contribution < 1.29 is 0 Å². The molecule has 19 heavy (non-hydrogen) atoms. The second-order valence-corrected chi connectivity index (χ2v) is 4.73. The predicted molar refractivity (Wildman–Crippen MR) is 79.5 cm³/mol. The van der Waals surface area contributed by atoms with E-state index in [1.54, 1.807) is 0 Å². The van der Waals surface area contributed by atoms with Gasteiger partial charge in [-0.15, -0.1) is 0 Å². The molecule has 0 unspecified atom stereocenters. The molecular formula is C16H17N3. The molecule has 0 saturated heterocycles. The summed E-state index contributed by atoms with van der Waals surface area (Å²) in [4.78, 5) is 9.75. The minimum Gasteiger partial charge on any atom is -0.374 e. The molecule has 0 saturated carbocycles. The molecule has 3 heteroatoms. The van der Waals surface area contributed by atoms with Crippen LogP contribution in [0.2, 0.25) is 0 Å². The van der Waals surface area contributed by atoms with Gasteiger partial charge in [-0.25, -0.2) is 4.98 Å². The zero-order chi connectivity index (χ0) is 13.1. The van der Waals surface area contributed by atoms with Gasteiger partial charge in [-0.2, -0.15) is 0 Å². The Morgan fingerprint density at radius 1 is 1.11 bits per heavy atom. The average molecular weight is 251 g/mol. The summed E-state index contributed by atoms with van der Waals surface area (Å²) < 4.78 is 0. The summed E-state index contributed by atoms with van der Waals surface area (Å²) >= 11 is 0. The van der Waals surface area contributed by atoms with E-state index in [0.717, 1.165) is 18.6 Å². The highest BCUT2D eigenvalue weighted by atomic mass is 15.1. The molecule has 0 atom stereocenters. The first-order valence-corrected chi connectivity index (χ1v) is 6.52. The Kier molecular flexibility index (Phi) is 3.19. The number of pyridine rings is 1. The molecule has 3 rings (SSSR count). The Morgan fingerprint density at radius 3 is 2.79 bits per heavy atom. The van der Waals surface area contributed by atoms with E-state index in [0.29, 0.717) is 0 Å². The predicted octanol–water partition coefficient (Wildman–Crippen LogP) is 3.24. The fourth-order valence-corrected chi connectivity index (χ4v) is 2.34. The first-order valence-electron chi connectivity index (χ1n) is 6.52. The first kappa shape index (κ1) is 11.8. The molecule has 0 aliphatic heterocycles. The SMILES string of the molecule is CN(CCc1ccccc1)c1ccnc2[nH]ccc12. The van der Waals surface area contributed by atoms with Gasteiger partial charge in [-0.1, -0.05) is 30.3 Å². The maximum atomic E-state index is 4.32. The summed E-state index contributed by atoms with van der Waals surface area (Å²) in [7, 11) is 2.13. The lowest BCUT2D eigenvalue weighted by Gasteiger charge is -2.20. The first-order chi connectivity index (χ1) is 9.34. The molecule has 0 aliphatic carbocycles. The number of benzene rings is 1. The zero-order valence-corrected chi connectivity index (χ0v) is 11.0. The van der Waals surface area contributed by atoms with Gasteiger partial charge >= 0.3 is 0 Å². The molecule has 96 valence electrons. The van der Waals surface area contributed by atoms with Crippen LogP contribution in [0.4, 0.5) is 5.69 Å². The van der Waals surface area contributed by atoms with Gasteiger partial charge in [-0.3, -0.25) is 0 Å². The minimum absolute atomic E-state index is 0.948. The number of likely N-dealkylation sites (N-methyl/N-ethyl adjacent to an activating group) is 1. The third-order valence-corrected chi connectivity index (χ3v) is 3.43. The molecule has 0 fully saturated rings. The Balaban J connectivity index is 1.77. The van der Waals surface area contributed by atoms with Crippen LogP contribution in [-0.2, 0) is 6.42 Å². The number of hydrogen-bond acceptors (Lipinski definition) is 2. The van der Waals surface area contributed by atoms with E-state index in [-0.39, 0.29) is 0 Å². The van der Waals surface area contributed by atoms with Crippen molar-refractivity contribution in [3.8, 4) is 0 Å². The van der Waals surface area contributed by atoms with Gasteiger partial charge in [0.15, 0.2) is 0 Å². The average Bonchev–Trinajstić information content (AvgIpc) is 2.94. The van der Waals surface area contributed by atoms with Crippen molar-refractivity contribution in [2.75, 3.05) is 18.5 Å². The van der Waals surface area contributed by atoms with Gasteiger partial charge in [0.05, 0.1) is 0 Å². The lowest BCUT2D eigenvalue weighted by atomic mass is 10.1. The Morgan fingerprint density at radius 2 is 1.95 bits per heavy atom. The molecule has 3 nitrogen and oxygen atoms in total. The number of aromatic nitrogens is 2. The number of rotatable bonds is 4. The number of aromatic amines is 1. The normalized spacial score (nSPS) is 10.8. The molecule has 3 aromatic rings. The molecule has 1 aromatic carbocycles. The van der Waals surface area contributed by atoms with Crippen molar-refractivity contribution in [3.05, 3.63) is 60.4 Å². The zero-order valence-electron chi connectivity index (χ0n) is 11.0. The molecule has 0 aliphatic rings. The number of H-pyrrole nitrogens is 1. The summed E-state index contributed by atoms with van der Waals surface area (Å²) in [6, 6.07) is 14.7. The van der Waals surface area contributed by atoms with Crippen molar-refractivity contribution in [1.29, 1.82) is 0 Å². The smallest absolute Gasteiger partial charge is 0.139 e. The van der Waals surface area contributed by atoms with Gasteiger partial charge in [0.1, 0.15) is 5.65 Å². The Bertz CT molecular complexity index is 658. The third kappa shape index (κ3) is 2.45. The fourth-order valence-electron chi connectivity index (χ4n) is 2.34. The highest BCUT2D eigenvalue weighted by Gasteiger charge is 2.07. The van der Waals surface area contributed by atoms with E-state index >= 15 is 0 Å². The van der Waals surface area contributed by atoms with E-state index < -0.39 is 0 Å². The van der Waals surface area contributed by atoms with Crippen LogP contribution in [0, 0.1) is 0 Å². The van der Waals surface area contributed by atoms with Gasteiger partial charge in [0, 0.05) is 37.1 Å². The monoisotopic (exact) mass is 251 g/mol. The van der Waals surface area contributed by atoms with Gasteiger partial charge in [0.2, 0.25) is 0 Å². The van der Waals surface area contributed by atoms with Gasteiger partial charge in [0.25, 0.3) is 0 Å². The van der Waals surface area contributed by atoms with Crippen LogP contribution in [0.5, 0.6) is 0 Å². The maximum Gasteiger partial charge on any atom is 0.139 e. The quantitative estimate of drug-likeness (QED) is 0.772. The Hall–Kier alpha value is -2.29. The van der Waals surface area contributed by atoms with E-state index in [9.17, 15) is 0 Å². The standard InChI is InChI=1S/C16H17N3/c1-19(12-9-13-5-3-2-4-6-13)15-8-11-18-16-14(15)7-10-17-16/h2-8,10-11H,9,12H2,1H3,(H,17,18). The highest BCUT2D eigenvalue weighted by Crippen LogP contribution is 2.23. The van der Waals surface area contributed by atoms with Crippen molar-refractivity contribution in [3.63, 3.8) is 0 Å².